The average molecular weight is 382 g/mol. The fourth-order valence-corrected chi connectivity index (χ4v) is 6.07. The summed E-state index contributed by atoms with van der Waals surface area (Å²) in [6.07, 6.45) is 3.44. The topological polar surface area (TPSA) is 90.3 Å². The van der Waals surface area contributed by atoms with Gasteiger partial charge < -0.3 is 5.32 Å². The Kier molecular flexibility index (Phi) is 5.32. The number of fused-ring (bicyclic) bond motifs is 1. The van der Waals surface area contributed by atoms with Gasteiger partial charge in [0, 0.05) is 18.3 Å². The van der Waals surface area contributed by atoms with Crippen LogP contribution in [0.3, 0.4) is 0 Å². The third-order valence-corrected chi connectivity index (χ3v) is 7.52. The zero-order valence-electron chi connectivity index (χ0n) is 13.7. The van der Waals surface area contributed by atoms with E-state index in [-0.39, 0.29) is 34.5 Å². The smallest absolute Gasteiger partial charge is 0.238 e. The summed E-state index contributed by atoms with van der Waals surface area (Å²) in [7, 11) is -3.05. The lowest BCUT2D eigenvalue weighted by molar-refractivity contribution is -0.118. The Labute approximate surface area is 152 Å². The van der Waals surface area contributed by atoms with E-state index in [2.05, 4.69) is 5.32 Å². The maximum absolute atomic E-state index is 12.4. The van der Waals surface area contributed by atoms with Crippen molar-refractivity contribution in [2.75, 3.05) is 24.2 Å². The number of benzene rings is 1. The molecule has 1 N–H and O–H groups in total. The first kappa shape index (κ1) is 18.2. The van der Waals surface area contributed by atoms with Crippen LogP contribution in [0.4, 0.5) is 5.69 Å². The van der Waals surface area contributed by atoms with Crippen LogP contribution in [0.15, 0.2) is 18.2 Å². The second kappa shape index (κ2) is 7.32. The number of sulfone groups is 1. The fraction of sp³-hybridized carbons (Fsp3) is 0.529. The highest BCUT2D eigenvalue weighted by atomic mass is 35.5. The normalized spacial score (nSPS) is 25.6. The van der Waals surface area contributed by atoms with Crippen molar-refractivity contribution < 1.29 is 13.2 Å². The number of anilines is 1. The van der Waals surface area contributed by atoms with E-state index >= 15 is 0 Å². The van der Waals surface area contributed by atoms with Crippen LogP contribution in [0.1, 0.15) is 31.2 Å². The van der Waals surface area contributed by atoms with Crippen LogP contribution < -0.4 is 5.32 Å². The van der Waals surface area contributed by atoms with Crippen molar-refractivity contribution in [3.8, 4) is 6.07 Å². The highest BCUT2D eigenvalue weighted by molar-refractivity contribution is 7.92. The minimum absolute atomic E-state index is 0.0668. The van der Waals surface area contributed by atoms with Gasteiger partial charge in [-0.05, 0) is 31.0 Å². The molecule has 1 heterocycles. The van der Waals surface area contributed by atoms with Crippen molar-refractivity contribution in [1.29, 1.82) is 5.26 Å². The number of nitrogens with one attached hydrogen (secondary N) is 1. The van der Waals surface area contributed by atoms with Gasteiger partial charge in [0.1, 0.15) is 6.07 Å². The molecule has 1 aromatic carbocycles. The quantitative estimate of drug-likeness (QED) is 0.866. The molecule has 1 saturated heterocycles. The van der Waals surface area contributed by atoms with Gasteiger partial charge >= 0.3 is 0 Å². The van der Waals surface area contributed by atoms with Gasteiger partial charge in [-0.1, -0.05) is 24.4 Å². The van der Waals surface area contributed by atoms with Gasteiger partial charge in [0.25, 0.3) is 0 Å². The minimum Gasteiger partial charge on any atom is -0.325 e. The number of hydrogen-bond donors (Lipinski definition) is 1. The number of hydrogen-bond acceptors (Lipinski definition) is 5. The fourth-order valence-electron chi connectivity index (χ4n) is 3.74. The maximum Gasteiger partial charge on any atom is 0.238 e. The lowest BCUT2D eigenvalue weighted by Crippen LogP contribution is -2.57. The summed E-state index contributed by atoms with van der Waals surface area (Å²) in [5.41, 5.74) is 0.879. The molecule has 1 aliphatic carbocycles. The Morgan fingerprint density at radius 1 is 1.36 bits per heavy atom. The van der Waals surface area contributed by atoms with Gasteiger partial charge in [-0.25, -0.2) is 8.42 Å². The zero-order chi connectivity index (χ0) is 18.0. The molecule has 6 nitrogen and oxygen atoms in total. The number of carbonyl (C=O) groups is 1. The van der Waals surface area contributed by atoms with Crippen molar-refractivity contribution in [3.63, 3.8) is 0 Å². The number of rotatable bonds is 3. The highest BCUT2D eigenvalue weighted by Gasteiger charge is 2.42. The van der Waals surface area contributed by atoms with Gasteiger partial charge in [-0.15, -0.1) is 0 Å². The average Bonchev–Trinajstić information content (AvgIpc) is 2.58. The predicted molar refractivity (Wildman–Crippen MR) is 96.2 cm³/mol. The first-order valence-corrected chi connectivity index (χ1v) is 10.4. The van der Waals surface area contributed by atoms with Crippen molar-refractivity contribution in [2.24, 2.45) is 0 Å². The van der Waals surface area contributed by atoms with Gasteiger partial charge in [-0.2, -0.15) is 5.26 Å². The van der Waals surface area contributed by atoms with Gasteiger partial charge in [0.05, 0.1) is 28.1 Å². The first-order chi connectivity index (χ1) is 11.9. The van der Waals surface area contributed by atoms with E-state index in [1.54, 1.807) is 18.2 Å². The molecule has 1 amide bonds. The molecule has 2 atom stereocenters. The van der Waals surface area contributed by atoms with Gasteiger partial charge in [-0.3, -0.25) is 9.69 Å². The molecule has 1 aromatic rings. The van der Waals surface area contributed by atoms with Crippen LogP contribution in [0.2, 0.25) is 5.02 Å². The van der Waals surface area contributed by atoms with Crippen LogP contribution in [0.5, 0.6) is 0 Å². The third kappa shape index (κ3) is 3.97. The maximum atomic E-state index is 12.4. The summed E-state index contributed by atoms with van der Waals surface area (Å²) in [5, 5.41) is 11.6. The molecule has 2 unspecified atom stereocenters. The molecule has 134 valence electrons. The molecule has 0 radical (unpaired) electrons. The lowest BCUT2D eigenvalue weighted by Gasteiger charge is -2.43. The number of nitrogens with zero attached hydrogens (tertiary/aromatic N) is 2. The van der Waals surface area contributed by atoms with E-state index in [0.29, 0.717) is 24.2 Å². The second-order valence-electron chi connectivity index (χ2n) is 6.58. The van der Waals surface area contributed by atoms with Crippen LogP contribution in [-0.2, 0) is 14.6 Å². The van der Waals surface area contributed by atoms with E-state index in [1.807, 2.05) is 11.0 Å². The van der Waals surface area contributed by atoms with Crippen molar-refractivity contribution in [3.05, 3.63) is 28.8 Å². The highest BCUT2D eigenvalue weighted by Crippen LogP contribution is 2.32. The number of carbonyl (C=O) groups excluding carboxylic acids is 1. The van der Waals surface area contributed by atoms with Crippen LogP contribution >= 0.6 is 11.6 Å². The Morgan fingerprint density at radius 2 is 2.12 bits per heavy atom. The molecule has 25 heavy (non-hydrogen) atoms. The van der Waals surface area contributed by atoms with Crippen molar-refractivity contribution >= 4 is 33.0 Å². The Balaban J connectivity index is 1.66. The molecule has 0 bridgehead atoms. The summed E-state index contributed by atoms with van der Waals surface area (Å²) in [6, 6.07) is 6.64. The number of amides is 1. The van der Waals surface area contributed by atoms with E-state index in [9.17, 15) is 13.2 Å². The third-order valence-electron chi connectivity index (χ3n) is 4.98. The van der Waals surface area contributed by atoms with Crippen LogP contribution in [0.25, 0.3) is 0 Å². The van der Waals surface area contributed by atoms with Crippen molar-refractivity contribution in [1.82, 2.24) is 4.90 Å². The lowest BCUT2D eigenvalue weighted by atomic mass is 9.93. The molecule has 2 fully saturated rings. The Morgan fingerprint density at radius 3 is 2.84 bits per heavy atom. The van der Waals surface area contributed by atoms with Crippen molar-refractivity contribution in [2.45, 2.75) is 37.0 Å². The summed E-state index contributed by atoms with van der Waals surface area (Å²) in [4.78, 5) is 14.4. The standard InChI is InChI=1S/C17H20ClN3O3S/c18-14-9-13(6-5-12(14)10-19)20-17(22)11-21-7-8-25(23,24)16-4-2-1-3-15(16)21/h5-6,9,15-16H,1-4,7-8,11H2,(H,20,22). The predicted octanol–water partition coefficient (Wildman–Crippen LogP) is 2.19. The molecule has 1 saturated carbocycles. The first-order valence-electron chi connectivity index (χ1n) is 8.36. The molecular weight excluding hydrogens is 362 g/mol. The van der Waals surface area contributed by atoms with Crippen LogP contribution in [0, 0.1) is 11.3 Å². The van der Waals surface area contributed by atoms with Gasteiger partial charge in [0.2, 0.25) is 5.91 Å². The molecular formula is C17H20ClN3O3S. The summed E-state index contributed by atoms with van der Waals surface area (Å²) in [5.74, 6) is -0.0890. The van der Waals surface area contributed by atoms with Gasteiger partial charge in [0.15, 0.2) is 9.84 Å². The largest absolute Gasteiger partial charge is 0.325 e. The van der Waals surface area contributed by atoms with E-state index in [1.165, 1.54) is 0 Å². The molecule has 0 aromatic heterocycles. The van der Waals surface area contributed by atoms with E-state index < -0.39 is 9.84 Å². The summed E-state index contributed by atoms with van der Waals surface area (Å²) < 4.78 is 24.5. The number of nitriles is 1. The zero-order valence-corrected chi connectivity index (χ0v) is 15.3. The minimum atomic E-state index is -3.05. The molecule has 8 heteroatoms. The Hall–Kier alpha value is -1.62. The Bertz CT molecular complexity index is 819. The molecule has 2 aliphatic rings. The van der Waals surface area contributed by atoms with Crippen LogP contribution in [-0.4, -0.2) is 49.4 Å². The SMILES string of the molecule is N#Cc1ccc(NC(=O)CN2CCS(=O)(=O)C3CCCCC32)cc1Cl. The monoisotopic (exact) mass is 381 g/mol. The summed E-state index contributed by atoms with van der Waals surface area (Å²) >= 11 is 5.98. The van der Waals surface area contributed by atoms with E-state index in [0.717, 1.165) is 19.3 Å². The number of halogens is 1. The van der Waals surface area contributed by atoms with E-state index in [4.69, 9.17) is 16.9 Å². The molecule has 0 spiro atoms. The second-order valence-corrected chi connectivity index (χ2v) is 9.33. The molecule has 1 aliphatic heterocycles. The molecule has 3 rings (SSSR count). The summed E-state index contributed by atoms with van der Waals surface area (Å²) in [6.45, 7) is 0.555.